The monoisotopic (exact) mass is 443 g/mol. The van der Waals surface area contributed by atoms with Gasteiger partial charge in [-0.3, -0.25) is 9.78 Å². The zero-order chi connectivity index (χ0) is 23.1. The zero-order valence-electron chi connectivity index (χ0n) is 19.2. The fourth-order valence-corrected chi connectivity index (χ4v) is 5.44. The highest BCUT2D eigenvalue weighted by Gasteiger charge is 2.25. The molecule has 1 atom stereocenters. The van der Waals surface area contributed by atoms with Gasteiger partial charge in [-0.15, -0.1) is 0 Å². The molecule has 1 aliphatic carbocycles. The molecule has 1 fully saturated rings. The number of nitrogens with zero attached hydrogens (tertiary/aromatic N) is 2. The highest BCUT2D eigenvalue weighted by atomic mass is 16.5. The lowest BCUT2D eigenvalue weighted by atomic mass is 9.89. The maximum atomic E-state index is 12.3. The van der Waals surface area contributed by atoms with Crippen molar-refractivity contribution in [2.24, 2.45) is 5.92 Å². The van der Waals surface area contributed by atoms with E-state index < -0.39 is 5.92 Å². The summed E-state index contributed by atoms with van der Waals surface area (Å²) >= 11 is 0. The number of Topliss-reactive ketones (excluding diaryl/α,β-unsaturated/α-hetero) is 1. The standard InChI is InChI=1S/C27H29N3O3/c1-16(28)25(17(2)31)20-11-24-26(29-12-20)23(14-30(24)13-18-6-4-3-5-7-18)19-8-9-22-21(10-19)15-33-27(22)32/h8-12,14,18,25,28H,3-7,13,15H2,1-2H3. The maximum absolute atomic E-state index is 12.3. The number of hydrogen-bond acceptors (Lipinski definition) is 5. The molecule has 3 aromatic rings. The molecule has 0 bridgehead atoms. The number of carbonyl (C=O) groups is 2. The summed E-state index contributed by atoms with van der Waals surface area (Å²) in [5, 5.41) is 8.12. The molecule has 3 heterocycles. The van der Waals surface area contributed by atoms with E-state index in [0.29, 0.717) is 23.8 Å². The molecule has 1 aromatic carbocycles. The van der Waals surface area contributed by atoms with Gasteiger partial charge in [0.05, 0.1) is 22.5 Å². The third-order valence-electron chi connectivity index (χ3n) is 7.09. The van der Waals surface area contributed by atoms with E-state index in [4.69, 9.17) is 15.1 Å². The molecule has 2 aromatic heterocycles. The summed E-state index contributed by atoms with van der Waals surface area (Å²) in [6, 6.07) is 7.86. The summed E-state index contributed by atoms with van der Waals surface area (Å²) in [5.41, 5.74) is 6.52. The normalized spacial score (nSPS) is 17.1. The van der Waals surface area contributed by atoms with Crippen LogP contribution >= 0.6 is 0 Å². The van der Waals surface area contributed by atoms with E-state index in [1.54, 1.807) is 13.1 Å². The summed E-state index contributed by atoms with van der Waals surface area (Å²) < 4.78 is 7.46. The highest BCUT2D eigenvalue weighted by Crippen LogP contribution is 2.35. The van der Waals surface area contributed by atoms with Crippen molar-refractivity contribution in [3.05, 3.63) is 53.3 Å². The van der Waals surface area contributed by atoms with Crippen molar-refractivity contribution >= 4 is 28.5 Å². The second-order valence-corrected chi connectivity index (χ2v) is 9.51. The Morgan fingerprint density at radius 3 is 2.70 bits per heavy atom. The first kappa shape index (κ1) is 21.6. The Morgan fingerprint density at radius 2 is 1.97 bits per heavy atom. The van der Waals surface area contributed by atoms with E-state index in [2.05, 4.69) is 10.8 Å². The van der Waals surface area contributed by atoms with E-state index >= 15 is 0 Å². The van der Waals surface area contributed by atoms with Gasteiger partial charge in [-0.05, 0) is 61.9 Å². The zero-order valence-corrected chi connectivity index (χ0v) is 19.2. The number of benzene rings is 1. The second kappa shape index (κ2) is 8.58. The van der Waals surface area contributed by atoms with Gasteiger partial charge in [0.2, 0.25) is 0 Å². The van der Waals surface area contributed by atoms with E-state index in [-0.39, 0.29) is 11.8 Å². The van der Waals surface area contributed by atoms with Crippen molar-refractivity contribution in [3.63, 3.8) is 0 Å². The number of nitrogens with one attached hydrogen (secondary N) is 1. The van der Waals surface area contributed by atoms with Crippen molar-refractivity contribution < 1.29 is 14.3 Å². The minimum Gasteiger partial charge on any atom is -0.457 e. The summed E-state index contributed by atoms with van der Waals surface area (Å²) in [6.07, 6.45) is 10.2. The Balaban J connectivity index is 1.63. The summed E-state index contributed by atoms with van der Waals surface area (Å²) in [4.78, 5) is 28.9. The smallest absolute Gasteiger partial charge is 0.338 e. The van der Waals surface area contributed by atoms with Crippen LogP contribution in [0.2, 0.25) is 0 Å². The molecule has 0 amide bonds. The van der Waals surface area contributed by atoms with Crippen molar-refractivity contribution in [1.82, 2.24) is 9.55 Å². The van der Waals surface area contributed by atoms with E-state index in [1.807, 2.05) is 24.3 Å². The molecule has 0 spiro atoms. The average Bonchev–Trinajstić information content (AvgIpc) is 3.34. The first-order valence-corrected chi connectivity index (χ1v) is 11.8. The summed E-state index contributed by atoms with van der Waals surface area (Å²) in [7, 11) is 0. The molecule has 1 aliphatic heterocycles. The third-order valence-corrected chi connectivity index (χ3v) is 7.09. The fourth-order valence-electron chi connectivity index (χ4n) is 5.44. The topological polar surface area (TPSA) is 85.0 Å². The van der Waals surface area contributed by atoms with Crippen molar-refractivity contribution in [2.45, 2.75) is 65.0 Å². The Labute approximate surface area is 193 Å². The van der Waals surface area contributed by atoms with Gasteiger partial charge in [0.15, 0.2) is 0 Å². The second-order valence-electron chi connectivity index (χ2n) is 9.51. The lowest BCUT2D eigenvalue weighted by Crippen LogP contribution is -2.17. The van der Waals surface area contributed by atoms with Crippen LogP contribution in [-0.4, -0.2) is 27.0 Å². The number of fused-ring (bicyclic) bond motifs is 2. The van der Waals surface area contributed by atoms with Crippen LogP contribution in [0.3, 0.4) is 0 Å². The van der Waals surface area contributed by atoms with Crippen LogP contribution in [0.1, 0.15) is 73.4 Å². The van der Waals surface area contributed by atoms with Gasteiger partial charge in [-0.25, -0.2) is 4.79 Å². The number of ether oxygens (including phenoxy) is 1. The Kier molecular flexibility index (Phi) is 5.60. The molecule has 1 N–H and O–H groups in total. The van der Waals surface area contributed by atoms with Gasteiger partial charge >= 0.3 is 5.97 Å². The van der Waals surface area contributed by atoms with Crippen LogP contribution in [-0.2, 0) is 22.7 Å². The average molecular weight is 444 g/mol. The van der Waals surface area contributed by atoms with Gasteiger partial charge in [-0.2, -0.15) is 0 Å². The molecule has 2 aliphatic rings. The molecule has 33 heavy (non-hydrogen) atoms. The molecule has 1 saturated carbocycles. The lowest BCUT2D eigenvalue weighted by molar-refractivity contribution is -0.117. The molecule has 5 rings (SSSR count). The predicted octanol–water partition coefficient (Wildman–Crippen LogP) is 5.67. The van der Waals surface area contributed by atoms with Crippen LogP contribution in [0.4, 0.5) is 0 Å². The quantitative estimate of drug-likeness (QED) is 0.393. The fraction of sp³-hybridized carbons (Fsp3) is 0.407. The third kappa shape index (κ3) is 3.99. The highest BCUT2D eigenvalue weighted by molar-refractivity contribution is 6.07. The molecule has 6 heteroatoms. The van der Waals surface area contributed by atoms with Crippen molar-refractivity contribution in [2.75, 3.05) is 0 Å². The van der Waals surface area contributed by atoms with Gasteiger partial charge in [0.25, 0.3) is 0 Å². The number of rotatable bonds is 6. The van der Waals surface area contributed by atoms with Crippen molar-refractivity contribution in [3.8, 4) is 11.1 Å². The first-order valence-electron chi connectivity index (χ1n) is 11.8. The molecule has 0 radical (unpaired) electrons. The number of aromatic nitrogens is 2. The van der Waals surface area contributed by atoms with Gasteiger partial charge in [0, 0.05) is 35.8 Å². The molecule has 6 nitrogen and oxygen atoms in total. The van der Waals surface area contributed by atoms with Crippen molar-refractivity contribution in [1.29, 1.82) is 5.41 Å². The van der Waals surface area contributed by atoms with Crippen LogP contribution in [0.5, 0.6) is 0 Å². The number of esters is 1. The predicted molar refractivity (Wildman–Crippen MR) is 128 cm³/mol. The summed E-state index contributed by atoms with van der Waals surface area (Å²) in [6.45, 7) is 4.44. The van der Waals surface area contributed by atoms with E-state index in [0.717, 1.165) is 39.8 Å². The number of hydrogen-bond donors (Lipinski definition) is 1. The van der Waals surface area contributed by atoms with Crippen LogP contribution in [0, 0.1) is 11.3 Å². The number of carbonyl (C=O) groups excluding carboxylic acids is 2. The van der Waals surface area contributed by atoms with E-state index in [9.17, 15) is 9.59 Å². The molecule has 1 unspecified atom stereocenters. The minimum absolute atomic E-state index is 0.0439. The Bertz CT molecular complexity index is 1250. The molecule has 0 saturated heterocycles. The number of cyclic esters (lactones) is 1. The van der Waals surface area contributed by atoms with Crippen LogP contribution < -0.4 is 0 Å². The van der Waals surface area contributed by atoms with Crippen LogP contribution in [0.15, 0.2) is 36.7 Å². The molecular weight excluding hydrogens is 414 g/mol. The largest absolute Gasteiger partial charge is 0.457 e. The van der Waals surface area contributed by atoms with E-state index in [1.165, 1.54) is 39.0 Å². The van der Waals surface area contributed by atoms with Crippen LogP contribution in [0.25, 0.3) is 22.2 Å². The Morgan fingerprint density at radius 1 is 1.18 bits per heavy atom. The maximum Gasteiger partial charge on any atom is 0.338 e. The lowest BCUT2D eigenvalue weighted by Gasteiger charge is -2.22. The number of ketones is 1. The minimum atomic E-state index is -0.563. The number of pyridine rings is 1. The van der Waals surface area contributed by atoms with Gasteiger partial charge in [0.1, 0.15) is 12.4 Å². The van der Waals surface area contributed by atoms with Gasteiger partial charge < -0.3 is 14.7 Å². The molecular formula is C27H29N3O3. The summed E-state index contributed by atoms with van der Waals surface area (Å²) in [5.74, 6) is -0.245. The SMILES string of the molecule is CC(=N)C(C(C)=O)c1cnc2c(-c3ccc4c(c3)COC4=O)cn(CC3CCCCC3)c2c1. The van der Waals surface area contributed by atoms with Gasteiger partial charge in [-0.1, -0.05) is 25.3 Å². The Hall–Kier alpha value is -3.28. The first-order chi connectivity index (χ1) is 15.9. The molecule has 170 valence electrons.